The third-order valence-corrected chi connectivity index (χ3v) is 5.12. The zero-order valence-electron chi connectivity index (χ0n) is 15.3. The van der Waals surface area contributed by atoms with E-state index in [2.05, 4.69) is 9.80 Å². The molecule has 1 atom stereocenters. The summed E-state index contributed by atoms with van der Waals surface area (Å²) in [6, 6.07) is 7.40. The first-order valence-corrected chi connectivity index (χ1v) is 9.54. The number of ether oxygens (including phenoxy) is 2. The van der Waals surface area contributed by atoms with Crippen molar-refractivity contribution in [2.24, 2.45) is 0 Å². The van der Waals surface area contributed by atoms with Crippen LogP contribution in [0, 0.1) is 0 Å². The average Bonchev–Trinajstić information content (AvgIpc) is 3.17. The average molecular weight is 346 g/mol. The number of hydrogen-bond donors (Lipinski definition) is 0. The van der Waals surface area contributed by atoms with Gasteiger partial charge in [0.15, 0.2) is 5.78 Å². The predicted molar refractivity (Wildman–Crippen MR) is 98.2 cm³/mol. The molecule has 2 saturated heterocycles. The van der Waals surface area contributed by atoms with E-state index in [1.165, 1.54) is 12.8 Å². The molecule has 0 radical (unpaired) electrons. The first-order chi connectivity index (χ1) is 12.2. The zero-order valence-corrected chi connectivity index (χ0v) is 15.3. The molecule has 0 amide bonds. The highest BCUT2D eigenvalue weighted by atomic mass is 16.5. The van der Waals surface area contributed by atoms with Crippen molar-refractivity contribution in [3.8, 4) is 5.75 Å². The molecule has 0 bridgehead atoms. The number of benzene rings is 1. The number of ketones is 1. The quantitative estimate of drug-likeness (QED) is 0.535. The number of carbonyl (C=O) groups excluding carboxylic acids is 1. The lowest BCUT2D eigenvalue weighted by Gasteiger charge is -2.37. The summed E-state index contributed by atoms with van der Waals surface area (Å²) in [5, 5.41) is 0. The van der Waals surface area contributed by atoms with E-state index in [1.807, 2.05) is 24.3 Å². The molecule has 138 valence electrons. The van der Waals surface area contributed by atoms with E-state index in [0.717, 1.165) is 70.1 Å². The molecule has 0 spiro atoms. The Morgan fingerprint density at radius 3 is 2.56 bits per heavy atom. The maximum absolute atomic E-state index is 11.2. The number of nitrogens with zero attached hydrogens (tertiary/aromatic N) is 2. The molecule has 5 heteroatoms. The van der Waals surface area contributed by atoms with E-state index in [0.29, 0.717) is 6.23 Å². The Bertz CT molecular complexity index is 532. The van der Waals surface area contributed by atoms with Crippen molar-refractivity contribution in [2.45, 2.75) is 38.8 Å². The third kappa shape index (κ3) is 5.53. The lowest BCUT2D eigenvalue weighted by atomic mass is 10.1. The minimum atomic E-state index is 0.0890. The number of unbranched alkanes of at least 4 members (excludes halogenated alkanes) is 1. The molecule has 3 rings (SSSR count). The molecule has 2 heterocycles. The fourth-order valence-electron chi connectivity index (χ4n) is 3.54. The van der Waals surface area contributed by atoms with Crippen molar-refractivity contribution in [3.63, 3.8) is 0 Å². The van der Waals surface area contributed by atoms with Gasteiger partial charge >= 0.3 is 0 Å². The van der Waals surface area contributed by atoms with E-state index in [9.17, 15) is 4.79 Å². The highest BCUT2D eigenvalue weighted by Crippen LogP contribution is 2.18. The van der Waals surface area contributed by atoms with Gasteiger partial charge in [0.05, 0.1) is 6.61 Å². The zero-order chi connectivity index (χ0) is 17.5. The van der Waals surface area contributed by atoms with Crippen molar-refractivity contribution in [3.05, 3.63) is 29.8 Å². The molecule has 0 aliphatic carbocycles. The Morgan fingerprint density at radius 1 is 1.16 bits per heavy atom. The molecular weight excluding hydrogens is 316 g/mol. The fourth-order valence-corrected chi connectivity index (χ4v) is 3.54. The van der Waals surface area contributed by atoms with E-state index >= 15 is 0 Å². The lowest BCUT2D eigenvalue weighted by Crippen LogP contribution is -2.50. The Balaban J connectivity index is 1.26. The third-order valence-electron chi connectivity index (χ3n) is 5.12. The van der Waals surface area contributed by atoms with Crippen LogP contribution in [0.5, 0.6) is 5.75 Å². The van der Waals surface area contributed by atoms with E-state index < -0.39 is 0 Å². The minimum Gasteiger partial charge on any atom is -0.494 e. The fraction of sp³-hybridized carbons (Fsp3) is 0.650. The van der Waals surface area contributed by atoms with Crippen LogP contribution < -0.4 is 4.74 Å². The van der Waals surface area contributed by atoms with Gasteiger partial charge in [0.1, 0.15) is 12.0 Å². The minimum absolute atomic E-state index is 0.0890. The summed E-state index contributed by atoms with van der Waals surface area (Å²) in [4.78, 5) is 16.3. The van der Waals surface area contributed by atoms with Crippen molar-refractivity contribution < 1.29 is 14.3 Å². The number of carbonyl (C=O) groups is 1. The maximum Gasteiger partial charge on any atom is 0.159 e. The van der Waals surface area contributed by atoms with Gasteiger partial charge < -0.3 is 14.4 Å². The van der Waals surface area contributed by atoms with Gasteiger partial charge in [0.2, 0.25) is 0 Å². The highest BCUT2D eigenvalue weighted by molar-refractivity contribution is 5.94. The van der Waals surface area contributed by atoms with Gasteiger partial charge in [-0.1, -0.05) is 0 Å². The van der Waals surface area contributed by atoms with Gasteiger partial charge in [-0.2, -0.15) is 0 Å². The first-order valence-electron chi connectivity index (χ1n) is 9.54. The van der Waals surface area contributed by atoms with Gasteiger partial charge in [-0.25, -0.2) is 0 Å². The summed E-state index contributed by atoms with van der Waals surface area (Å²) < 4.78 is 11.5. The molecule has 0 N–H and O–H groups in total. The second kappa shape index (κ2) is 9.32. The molecule has 2 aliphatic rings. The van der Waals surface area contributed by atoms with Crippen LogP contribution in [0.2, 0.25) is 0 Å². The molecule has 0 saturated carbocycles. The van der Waals surface area contributed by atoms with Crippen molar-refractivity contribution in [1.29, 1.82) is 0 Å². The van der Waals surface area contributed by atoms with Gasteiger partial charge in [0, 0.05) is 38.3 Å². The summed E-state index contributed by atoms with van der Waals surface area (Å²) in [7, 11) is 0. The lowest BCUT2D eigenvalue weighted by molar-refractivity contribution is -0.0422. The second-order valence-corrected chi connectivity index (χ2v) is 6.98. The standard InChI is InChI=1S/C20H30N2O3/c1-17(23)18-6-8-19(9-7-18)24-15-3-2-10-21-11-13-22(14-12-21)20-5-4-16-25-20/h6-9,20H,2-5,10-16H2,1H3. The van der Waals surface area contributed by atoms with E-state index in [-0.39, 0.29) is 5.78 Å². The van der Waals surface area contributed by atoms with Crippen LogP contribution in [0.25, 0.3) is 0 Å². The second-order valence-electron chi connectivity index (χ2n) is 6.98. The van der Waals surface area contributed by atoms with Gasteiger partial charge in [-0.15, -0.1) is 0 Å². The molecule has 2 fully saturated rings. The number of piperazine rings is 1. The van der Waals surface area contributed by atoms with Crippen LogP contribution >= 0.6 is 0 Å². The van der Waals surface area contributed by atoms with E-state index in [4.69, 9.17) is 9.47 Å². The molecule has 5 nitrogen and oxygen atoms in total. The molecule has 1 unspecified atom stereocenters. The van der Waals surface area contributed by atoms with Crippen LogP contribution in [-0.4, -0.2) is 67.7 Å². The summed E-state index contributed by atoms with van der Waals surface area (Å²) in [6.07, 6.45) is 5.00. The van der Waals surface area contributed by atoms with Crippen LogP contribution in [0.3, 0.4) is 0 Å². The van der Waals surface area contributed by atoms with Crippen LogP contribution in [-0.2, 0) is 4.74 Å². The Kier molecular flexibility index (Phi) is 6.84. The Labute approximate surface area is 150 Å². The predicted octanol–water partition coefficient (Wildman–Crippen LogP) is 2.80. The Morgan fingerprint density at radius 2 is 1.92 bits per heavy atom. The molecule has 25 heavy (non-hydrogen) atoms. The smallest absolute Gasteiger partial charge is 0.159 e. The molecule has 0 aromatic heterocycles. The SMILES string of the molecule is CC(=O)c1ccc(OCCCCN2CCN(C3CCCO3)CC2)cc1. The molecule has 1 aromatic carbocycles. The molecular formula is C20H30N2O3. The number of rotatable bonds is 8. The van der Waals surface area contributed by atoms with Gasteiger partial charge in [-0.3, -0.25) is 9.69 Å². The highest BCUT2D eigenvalue weighted by Gasteiger charge is 2.26. The largest absolute Gasteiger partial charge is 0.494 e. The van der Waals surface area contributed by atoms with Gasteiger partial charge in [-0.05, 0) is 63.4 Å². The molecule has 2 aliphatic heterocycles. The summed E-state index contributed by atoms with van der Waals surface area (Å²) in [5.74, 6) is 0.932. The first kappa shape index (κ1) is 18.4. The Hall–Kier alpha value is -1.43. The number of hydrogen-bond acceptors (Lipinski definition) is 5. The van der Waals surface area contributed by atoms with E-state index in [1.54, 1.807) is 6.92 Å². The van der Waals surface area contributed by atoms with Crippen molar-refractivity contribution in [2.75, 3.05) is 45.9 Å². The summed E-state index contributed by atoms with van der Waals surface area (Å²) >= 11 is 0. The topological polar surface area (TPSA) is 42.0 Å². The molecule has 1 aromatic rings. The van der Waals surface area contributed by atoms with Crippen molar-refractivity contribution in [1.82, 2.24) is 9.80 Å². The monoisotopic (exact) mass is 346 g/mol. The summed E-state index contributed by atoms with van der Waals surface area (Å²) in [5.41, 5.74) is 0.731. The number of Topliss-reactive ketones (excluding diaryl/α,β-unsaturated/α-hetero) is 1. The van der Waals surface area contributed by atoms with Gasteiger partial charge in [0.25, 0.3) is 0 Å². The normalized spacial score (nSPS) is 22.2. The van der Waals surface area contributed by atoms with Crippen LogP contribution in [0.1, 0.15) is 43.0 Å². The van der Waals surface area contributed by atoms with Crippen molar-refractivity contribution >= 4 is 5.78 Å². The summed E-state index contributed by atoms with van der Waals surface area (Å²) in [6.45, 7) is 8.94. The maximum atomic E-state index is 11.2. The van der Waals surface area contributed by atoms with Crippen LogP contribution in [0.15, 0.2) is 24.3 Å². The van der Waals surface area contributed by atoms with Crippen LogP contribution in [0.4, 0.5) is 0 Å².